The van der Waals surface area contributed by atoms with Gasteiger partial charge < -0.3 is 20.8 Å². The summed E-state index contributed by atoms with van der Waals surface area (Å²) in [5.74, 6) is -0.301. The molecule has 1 aromatic carbocycles. The summed E-state index contributed by atoms with van der Waals surface area (Å²) in [7, 11) is 0. The SMILES string of the molecule is Nc1ccc(O)cc1C(=O)N1C[C@@H](Cc2ccncc2)[C@@H](O)C1. The number of anilines is 1. The second-order valence-electron chi connectivity index (χ2n) is 5.87. The van der Waals surface area contributed by atoms with Crippen molar-refractivity contribution in [2.45, 2.75) is 12.5 Å². The molecule has 0 saturated carbocycles. The number of phenols is 1. The molecule has 1 aliphatic heterocycles. The first-order valence-corrected chi connectivity index (χ1v) is 7.49. The van der Waals surface area contributed by atoms with E-state index in [-0.39, 0.29) is 29.7 Å². The number of pyridine rings is 1. The van der Waals surface area contributed by atoms with Gasteiger partial charge in [0.05, 0.1) is 11.7 Å². The van der Waals surface area contributed by atoms with Crippen LogP contribution >= 0.6 is 0 Å². The summed E-state index contributed by atoms with van der Waals surface area (Å²) in [6, 6.07) is 8.12. The van der Waals surface area contributed by atoms with Crippen molar-refractivity contribution in [1.82, 2.24) is 9.88 Å². The predicted octanol–water partition coefficient (Wildman–Crippen LogP) is 1.04. The fourth-order valence-electron chi connectivity index (χ4n) is 2.94. The van der Waals surface area contributed by atoms with E-state index in [1.165, 1.54) is 18.2 Å². The zero-order chi connectivity index (χ0) is 16.4. The second kappa shape index (κ2) is 6.26. The maximum Gasteiger partial charge on any atom is 0.256 e. The number of carbonyl (C=O) groups is 1. The summed E-state index contributed by atoms with van der Waals surface area (Å²) in [4.78, 5) is 18.1. The molecule has 0 aliphatic carbocycles. The Hall–Kier alpha value is -2.60. The largest absolute Gasteiger partial charge is 0.508 e. The number of aromatic nitrogens is 1. The first-order valence-electron chi connectivity index (χ1n) is 7.49. The van der Waals surface area contributed by atoms with Gasteiger partial charge in [0.15, 0.2) is 0 Å². The fraction of sp³-hybridized carbons (Fsp3) is 0.294. The monoisotopic (exact) mass is 313 g/mol. The summed E-state index contributed by atoms with van der Waals surface area (Å²) in [5, 5.41) is 19.8. The minimum absolute atomic E-state index is 0.00405. The number of likely N-dealkylation sites (tertiary alicyclic amines) is 1. The van der Waals surface area contributed by atoms with Gasteiger partial charge in [0.2, 0.25) is 0 Å². The summed E-state index contributed by atoms with van der Waals surface area (Å²) in [5.41, 5.74) is 7.49. The number of aliphatic hydroxyl groups is 1. The van der Waals surface area contributed by atoms with Gasteiger partial charge >= 0.3 is 0 Å². The third-order valence-electron chi connectivity index (χ3n) is 4.21. The molecule has 0 unspecified atom stereocenters. The van der Waals surface area contributed by atoms with Crippen molar-refractivity contribution in [3.63, 3.8) is 0 Å². The Morgan fingerprint density at radius 3 is 2.74 bits per heavy atom. The lowest BCUT2D eigenvalue weighted by molar-refractivity contribution is 0.0765. The number of aliphatic hydroxyl groups excluding tert-OH is 1. The molecule has 6 nitrogen and oxygen atoms in total. The predicted molar refractivity (Wildman–Crippen MR) is 85.9 cm³/mol. The van der Waals surface area contributed by atoms with Crippen molar-refractivity contribution in [1.29, 1.82) is 0 Å². The molecule has 0 bridgehead atoms. The van der Waals surface area contributed by atoms with Crippen molar-refractivity contribution in [2.75, 3.05) is 18.8 Å². The van der Waals surface area contributed by atoms with Crippen LogP contribution in [0.4, 0.5) is 5.69 Å². The first-order chi connectivity index (χ1) is 11.0. The summed E-state index contributed by atoms with van der Waals surface area (Å²) >= 11 is 0. The van der Waals surface area contributed by atoms with E-state index in [0.717, 1.165) is 5.56 Å². The zero-order valence-electron chi connectivity index (χ0n) is 12.6. The Morgan fingerprint density at radius 2 is 2.00 bits per heavy atom. The van der Waals surface area contributed by atoms with E-state index < -0.39 is 6.10 Å². The number of rotatable bonds is 3. The normalized spacial score (nSPS) is 20.7. The zero-order valence-corrected chi connectivity index (χ0v) is 12.6. The molecular weight excluding hydrogens is 294 g/mol. The van der Waals surface area contributed by atoms with E-state index >= 15 is 0 Å². The number of amides is 1. The average Bonchev–Trinajstić information content (AvgIpc) is 2.91. The molecule has 23 heavy (non-hydrogen) atoms. The highest BCUT2D eigenvalue weighted by molar-refractivity contribution is 5.99. The lowest BCUT2D eigenvalue weighted by Crippen LogP contribution is -2.30. The third kappa shape index (κ3) is 3.27. The molecule has 2 atom stereocenters. The van der Waals surface area contributed by atoms with Crippen LogP contribution in [0.5, 0.6) is 5.75 Å². The fourth-order valence-corrected chi connectivity index (χ4v) is 2.94. The molecule has 4 N–H and O–H groups in total. The molecule has 3 rings (SSSR count). The summed E-state index contributed by atoms with van der Waals surface area (Å²) in [6.45, 7) is 0.723. The van der Waals surface area contributed by atoms with E-state index in [4.69, 9.17) is 5.73 Å². The molecule has 0 radical (unpaired) electrons. The number of nitrogens with two attached hydrogens (primary N) is 1. The van der Waals surface area contributed by atoms with E-state index in [0.29, 0.717) is 18.7 Å². The highest BCUT2D eigenvalue weighted by Crippen LogP contribution is 2.26. The van der Waals surface area contributed by atoms with Crippen LogP contribution in [-0.2, 0) is 6.42 Å². The van der Waals surface area contributed by atoms with Crippen molar-refractivity contribution >= 4 is 11.6 Å². The van der Waals surface area contributed by atoms with Crippen LogP contribution < -0.4 is 5.73 Å². The minimum atomic E-state index is -0.578. The number of nitrogens with zero attached hydrogens (tertiary/aromatic N) is 2. The Kier molecular flexibility index (Phi) is 4.16. The molecular formula is C17H19N3O3. The lowest BCUT2D eigenvalue weighted by atomic mass is 9.97. The van der Waals surface area contributed by atoms with Crippen molar-refractivity contribution in [3.05, 3.63) is 53.9 Å². The number of phenolic OH excluding ortho intramolecular Hbond substituents is 1. The average molecular weight is 313 g/mol. The lowest BCUT2D eigenvalue weighted by Gasteiger charge is -2.17. The standard InChI is InChI=1S/C17H19N3O3/c18-15-2-1-13(21)8-14(15)17(23)20-9-12(16(22)10-20)7-11-3-5-19-6-4-11/h1-6,8,12,16,21-22H,7,9-10,18H2/t12-,16+/m1/s1. The molecule has 1 aliphatic rings. The van der Waals surface area contributed by atoms with E-state index in [1.807, 2.05) is 12.1 Å². The Labute approximate surface area is 134 Å². The van der Waals surface area contributed by atoms with Crippen molar-refractivity contribution in [3.8, 4) is 5.75 Å². The molecule has 2 heterocycles. The molecule has 1 aromatic heterocycles. The maximum atomic E-state index is 12.6. The Morgan fingerprint density at radius 1 is 1.26 bits per heavy atom. The van der Waals surface area contributed by atoms with E-state index in [2.05, 4.69) is 4.98 Å². The molecule has 120 valence electrons. The van der Waals surface area contributed by atoms with Crippen LogP contribution in [0.1, 0.15) is 15.9 Å². The van der Waals surface area contributed by atoms with Gasteiger partial charge in [-0.1, -0.05) is 0 Å². The summed E-state index contributed by atoms with van der Waals surface area (Å²) < 4.78 is 0. The van der Waals surface area contributed by atoms with Gasteiger partial charge in [-0.15, -0.1) is 0 Å². The second-order valence-corrected chi connectivity index (χ2v) is 5.87. The van der Waals surface area contributed by atoms with Gasteiger partial charge in [0.1, 0.15) is 5.75 Å². The van der Waals surface area contributed by atoms with Gasteiger partial charge in [-0.25, -0.2) is 0 Å². The van der Waals surface area contributed by atoms with E-state index in [1.54, 1.807) is 17.3 Å². The maximum absolute atomic E-state index is 12.6. The van der Waals surface area contributed by atoms with Gasteiger partial charge in [0.25, 0.3) is 5.91 Å². The van der Waals surface area contributed by atoms with E-state index in [9.17, 15) is 15.0 Å². The topological polar surface area (TPSA) is 99.7 Å². The van der Waals surface area contributed by atoms with Gasteiger partial charge in [-0.05, 0) is 42.3 Å². The molecule has 1 amide bonds. The first kappa shape index (κ1) is 15.3. The molecule has 1 saturated heterocycles. The molecule has 1 fully saturated rings. The molecule has 2 aromatic rings. The number of hydrogen-bond donors (Lipinski definition) is 3. The number of nitrogen functional groups attached to an aromatic ring is 1. The van der Waals surface area contributed by atoms with Crippen molar-refractivity contribution in [2.24, 2.45) is 5.92 Å². The highest BCUT2D eigenvalue weighted by atomic mass is 16.3. The number of carbonyl (C=O) groups excluding carboxylic acids is 1. The van der Waals surface area contributed by atoms with Gasteiger partial charge in [0, 0.05) is 37.1 Å². The minimum Gasteiger partial charge on any atom is -0.508 e. The number of β-amino-alcohol motifs (C(OH)–C–C–N with tert-alkyl or cyclic N) is 1. The molecule has 0 spiro atoms. The van der Waals surface area contributed by atoms with Crippen LogP contribution in [0.3, 0.4) is 0 Å². The van der Waals surface area contributed by atoms with Crippen molar-refractivity contribution < 1.29 is 15.0 Å². The highest BCUT2D eigenvalue weighted by Gasteiger charge is 2.34. The third-order valence-corrected chi connectivity index (χ3v) is 4.21. The quantitative estimate of drug-likeness (QED) is 0.581. The van der Waals surface area contributed by atoms with Crippen LogP contribution in [0.25, 0.3) is 0 Å². The van der Waals surface area contributed by atoms with Gasteiger partial charge in [-0.3, -0.25) is 9.78 Å². The Balaban J connectivity index is 1.73. The summed E-state index contributed by atoms with van der Waals surface area (Å²) in [6.07, 6.45) is 3.54. The van der Waals surface area contributed by atoms with Crippen LogP contribution in [-0.4, -0.2) is 45.2 Å². The smallest absolute Gasteiger partial charge is 0.256 e. The molecule has 6 heteroatoms. The number of benzene rings is 1. The number of aromatic hydroxyl groups is 1. The van der Waals surface area contributed by atoms with Gasteiger partial charge in [-0.2, -0.15) is 0 Å². The number of hydrogen-bond acceptors (Lipinski definition) is 5. The van der Waals surface area contributed by atoms with Crippen LogP contribution in [0.2, 0.25) is 0 Å². The van der Waals surface area contributed by atoms with Crippen LogP contribution in [0, 0.1) is 5.92 Å². The van der Waals surface area contributed by atoms with Crippen LogP contribution in [0.15, 0.2) is 42.7 Å². The Bertz CT molecular complexity index is 705.